The second-order valence-electron chi connectivity index (χ2n) is 4.86. The summed E-state index contributed by atoms with van der Waals surface area (Å²) >= 11 is 6.07. The lowest BCUT2D eigenvalue weighted by molar-refractivity contribution is 0.0270. The summed E-state index contributed by atoms with van der Waals surface area (Å²) in [5, 5.41) is 4.53. The van der Waals surface area contributed by atoms with Gasteiger partial charge >= 0.3 is 0 Å². The summed E-state index contributed by atoms with van der Waals surface area (Å²) in [4.78, 5) is 12.5. The lowest BCUT2D eigenvalue weighted by Gasteiger charge is -2.21. The number of carbonyl (C=O) groups is 1. The van der Waals surface area contributed by atoms with Crippen molar-refractivity contribution < 1.29 is 9.53 Å². The number of ether oxygens (including phenoxy) is 1. The van der Waals surface area contributed by atoms with Gasteiger partial charge in [-0.3, -0.25) is 9.48 Å². The minimum Gasteiger partial charge on any atom is -0.370 e. The average molecular weight is 273 g/mol. The molecular formula is C13H21ClN2O2. The Labute approximate surface area is 113 Å². The van der Waals surface area contributed by atoms with E-state index < -0.39 is 6.10 Å². The summed E-state index contributed by atoms with van der Waals surface area (Å²) in [6.45, 7) is 10.2. The molecule has 0 aliphatic heterocycles. The maximum Gasteiger partial charge on any atom is 0.211 e. The fourth-order valence-electron chi connectivity index (χ4n) is 1.85. The second kappa shape index (κ2) is 6.34. The van der Waals surface area contributed by atoms with Crippen LogP contribution < -0.4 is 0 Å². The normalized spacial score (nSPS) is 13.3. The zero-order valence-electron chi connectivity index (χ0n) is 11.6. The van der Waals surface area contributed by atoms with Crippen molar-refractivity contribution >= 4 is 17.4 Å². The summed E-state index contributed by atoms with van der Waals surface area (Å²) in [6, 6.07) is 0.0888. The van der Waals surface area contributed by atoms with Gasteiger partial charge in [-0.15, -0.1) is 0 Å². The fourth-order valence-corrected chi connectivity index (χ4v) is 2.07. The van der Waals surface area contributed by atoms with Gasteiger partial charge in [0.15, 0.2) is 0 Å². The third-order valence-electron chi connectivity index (χ3n) is 2.68. The highest BCUT2D eigenvalue weighted by molar-refractivity contribution is 6.33. The van der Waals surface area contributed by atoms with Crippen molar-refractivity contribution in [3.8, 4) is 0 Å². The molecule has 0 amide bonds. The lowest BCUT2D eigenvalue weighted by Crippen LogP contribution is -2.32. The van der Waals surface area contributed by atoms with E-state index in [4.69, 9.17) is 16.3 Å². The lowest BCUT2D eigenvalue weighted by atomic mass is 10.0. The van der Waals surface area contributed by atoms with Crippen molar-refractivity contribution in [3.05, 3.63) is 16.9 Å². The number of rotatable bonds is 6. The molecule has 0 fully saturated rings. The third kappa shape index (κ3) is 3.12. The van der Waals surface area contributed by atoms with Gasteiger partial charge < -0.3 is 4.74 Å². The van der Waals surface area contributed by atoms with Gasteiger partial charge in [-0.2, -0.15) is 5.10 Å². The third-order valence-corrected chi connectivity index (χ3v) is 2.96. The van der Waals surface area contributed by atoms with Gasteiger partial charge in [0.25, 0.3) is 0 Å². The van der Waals surface area contributed by atoms with Crippen LogP contribution in [0, 0.1) is 5.92 Å². The van der Waals surface area contributed by atoms with Crippen LogP contribution in [0.25, 0.3) is 0 Å². The van der Waals surface area contributed by atoms with Crippen LogP contribution in [0.3, 0.4) is 0 Å². The van der Waals surface area contributed by atoms with Crippen molar-refractivity contribution in [1.82, 2.24) is 9.78 Å². The largest absolute Gasteiger partial charge is 0.370 e. The smallest absolute Gasteiger partial charge is 0.211 e. The van der Waals surface area contributed by atoms with Gasteiger partial charge in [0, 0.05) is 12.6 Å². The molecule has 0 aliphatic carbocycles. The quantitative estimate of drug-likeness (QED) is 0.746. The molecule has 0 aliphatic rings. The van der Waals surface area contributed by atoms with Gasteiger partial charge in [-0.25, -0.2) is 0 Å². The van der Waals surface area contributed by atoms with Crippen LogP contribution in [0.1, 0.15) is 51.1 Å². The van der Waals surface area contributed by atoms with Gasteiger partial charge in [-0.05, 0) is 26.7 Å². The summed E-state index contributed by atoms with van der Waals surface area (Å²) in [7, 11) is 0. The highest BCUT2D eigenvalue weighted by Crippen LogP contribution is 2.23. The Morgan fingerprint density at radius 2 is 2.06 bits per heavy atom. The molecule has 0 aromatic carbocycles. The molecule has 0 N–H and O–H groups in total. The molecule has 1 rings (SSSR count). The predicted octanol–water partition coefficient (Wildman–Crippen LogP) is 3.36. The molecule has 0 radical (unpaired) electrons. The van der Waals surface area contributed by atoms with Crippen molar-refractivity contribution in [2.75, 3.05) is 6.61 Å². The van der Waals surface area contributed by atoms with E-state index in [1.54, 1.807) is 4.68 Å². The number of hydrogen-bond acceptors (Lipinski definition) is 3. The summed E-state index contributed by atoms with van der Waals surface area (Å²) < 4.78 is 7.18. The number of carbonyl (C=O) groups excluding carboxylic acids is 1. The van der Waals surface area contributed by atoms with Crippen molar-refractivity contribution in [3.63, 3.8) is 0 Å². The van der Waals surface area contributed by atoms with Crippen LogP contribution in [0.4, 0.5) is 0 Å². The van der Waals surface area contributed by atoms with Gasteiger partial charge in [-0.1, -0.05) is 25.4 Å². The molecule has 102 valence electrons. The van der Waals surface area contributed by atoms with Gasteiger partial charge in [0.2, 0.25) is 5.78 Å². The Bertz CT molecular complexity index is 413. The monoisotopic (exact) mass is 272 g/mol. The van der Waals surface area contributed by atoms with Gasteiger partial charge in [0.1, 0.15) is 11.8 Å². The molecule has 4 nitrogen and oxygen atoms in total. The molecule has 1 aromatic heterocycles. The van der Waals surface area contributed by atoms with E-state index in [1.165, 1.54) is 6.20 Å². The number of Topliss-reactive ketones (excluding diaryl/α,β-unsaturated/α-hetero) is 1. The molecular weight excluding hydrogens is 252 g/mol. The molecule has 0 saturated heterocycles. The SMILES string of the molecule is CCOC(C(=O)c1c(Cl)cnn1C(C)C)C(C)C. The predicted molar refractivity (Wildman–Crippen MR) is 72.2 cm³/mol. The van der Waals surface area contributed by atoms with Crippen LogP contribution in [-0.2, 0) is 4.74 Å². The Kier molecular flexibility index (Phi) is 5.35. The van der Waals surface area contributed by atoms with Crippen LogP contribution in [0.2, 0.25) is 5.02 Å². The summed E-state index contributed by atoms with van der Waals surface area (Å²) in [6.07, 6.45) is 1.04. The van der Waals surface area contributed by atoms with E-state index in [0.717, 1.165) is 0 Å². The Balaban J connectivity index is 3.12. The summed E-state index contributed by atoms with van der Waals surface area (Å²) in [5.41, 5.74) is 0.443. The second-order valence-corrected chi connectivity index (χ2v) is 5.27. The first-order valence-electron chi connectivity index (χ1n) is 6.28. The van der Waals surface area contributed by atoms with Crippen molar-refractivity contribution in [2.24, 2.45) is 5.92 Å². The number of halogens is 1. The van der Waals surface area contributed by atoms with E-state index in [9.17, 15) is 4.79 Å². The minimum absolute atomic E-state index is 0.0888. The molecule has 1 aromatic rings. The molecule has 5 heteroatoms. The molecule has 1 heterocycles. The van der Waals surface area contributed by atoms with E-state index in [-0.39, 0.29) is 17.7 Å². The molecule has 1 atom stereocenters. The number of aromatic nitrogens is 2. The highest BCUT2D eigenvalue weighted by atomic mass is 35.5. The zero-order chi connectivity index (χ0) is 13.9. The van der Waals surface area contributed by atoms with E-state index in [0.29, 0.717) is 17.3 Å². The Morgan fingerprint density at radius 1 is 1.44 bits per heavy atom. The standard InChI is InChI=1S/C13H21ClN2O2/c1-6-18-13(8(2)3)12(17)11-10(14)7-15-16(11)9(4)5/h7-9,13H,6H2,1-5H3. The van der Waals surface area contributed by atoms with Crippen molar-refractivity contribution in [1.29, 1.82) is 0 Å². The first-order valence-corrected chi connectivity index (χ1v) is 6.66. The van der Waals surface area contributed by atoms with E-state index in [1.807, 2.05) is 34.6 Å². The van der Waals surface area contributed by atoms with Crippen LogP contribution in [0.5, 0.6) is 0 Å². The van der Waals surface area contributed by atoms with Gasteiger partial charge in [0.05, 0.1) is 11.2 Å². The Hall–Kier alpha value is -0.870. The van der Waals surface area contributed by atoms with E-state index in [2.05, 4.69) is 5.10 Å². The molecule has 0 bridgehead atoms. The Morgan fingerprint density at radius 3 is 2.50 bits per heavy atom. The fraction of sp³-hybridized carbons (Fsp3) is 0.692. The maximum absolute atomic E-state index is 12.5. The maximum atomic E-state index is 12.5. The average Bonchev–Trinajstić information content (AvgIpc) is 2.66. The zero-order valence-corrected chi connectivity index (χ0v) is 12.4. The molecule has 1 unspecified atom stereocenters. The number of nitrogens with zero attached hydrogens (tertiary/aromatic N) is 2. The van der Waals surface area contributed by atoms with E-state index >= 15 is 0 Å². The molecule has 0 saturated carbocycles. The number of ketones is 1. The minimum atomic E-state index is -0.471. The van der Waals surface area contributed by atoms with Crippen LogP contribution >= 0.6 is 11.6 Å². The first kappa shape index (κ1) is 15.2. The molecule has 18 heavy (non-hydrogen) atoms. The summed E-state index contributed by atoms with van der Waals surface area (Å²) in [5.74, 6) is 0.00655. The molecule has 0 spiro atoms. The van der Waals surface area contributed by atoms with Crippen LogP contribution in [-0.4, -0.2) is 28.3 Å². The number of hydrogen-bond donors (Lipinski definition) is 0. The first-order chi connectivity index (χ1) is 8.40. The van der Waals surface area contributed by atoms with Crippen molar-refractivity contribution in [2.45, 2.75) is 46.8 Å². The highest BCUT2D eigenvalue weighted by Gasteiger charge is 2.29. The van der Waals surface area contributed by atoms with Crippen LogP contribution in [0.15, 0.2) is 6.20 Å². The topological polar surface area (TPSA) is 44.1 Å².